The normalized spacial score (nSPS) is 13.6. The molecule has 0 radical (unpaired) electrons. The molecule has 4 rings (SSSR count). The molecular weight excluding hydrogens is 433 g/mol. The topological polar surface area (TPSA) is 86.8 Å². The standard InChI is InChI=1S/C22H22FN5O3S/c1-31-18-8-6-17(7-9-18)27-10-12-28(13-11-27)20(29)19-14-32-22(25-19)26-21(30)24-16-4-2-15(23)3-5-16/h2-9,14H,10-13H2,1H3,(H2,24,25,26,30). The number of amides is 3. The number of rotatable bonds is 5. The zero-order chi connectivity index (χ0) is 22.5. The van der Waals surface area contributed by atoms with E-state index in [1.54, 1.807) is 17.4 Å². The Bertz CT molecular complexity index is 1080. The van der Waals surface area contributed by atoms with Gasteiger partial charge in [0.05, 0.1) is 7.11 Å². The van der Waals surface area contributed by atoms with Gasteiger partial charge in [0, 0.05) is 42.9 Å². The smallest absolute Gasteiger partial charge is 0.325 e. The number of anilines is 3. The van der Waals surface area contributed by atoms with E-state index in [2.05, 4.69) is 20.5 Å². The van der Waals surface area contributed by atoms with Gasteiger partial charge in [0.2, 0.25) is 0 Å². The zero-order valence-corrected chi connectivity index (χ0v) is 18.2. The highest BCUT2D eigenvalue weighted by molar-refractivity contribution is 7.14. The Morgan fingerprint density at radius 3 is 2.34 bits per heavy atom. The predicted octanol–water partition coefficient (Wildman–Crippen LogP) is 3.90. The van der Waals surface area contributed by atoms with E-state index in [-0.39, 0.29) is 11.7 Å². The first-order valence-corrected chi connectivity index (χ1v) is 10.9. The van der Waals surface area contributed by atoms with Gasteiger partial charge in [-0.3, -0.25) is 10.1 Å². The van der Waals surface area contributed by atoms with Crippen molar-refractivity contribution in [2.45, 2.75) is 0 Å². The van der Waals surface area contributed by atoms with Crippen LogP contribution < -0.4 is 20.3 Å². The van der Waals surface area contributed by atoms with Crippen molar-refractivity contribution >= 4 is 39.8 Å². The maximum absolute atomic E-state index is 13.0. The van der Waals surface area contributed by atoms with Gasteiger partial charge < -0.3 is 19.9 Å². The lowest BCUT2D eigenvalue weighted by Crippen LogP contribution is -2.48. The van der Waals surface area contributed by atoms with Crippen LogP contribution in [-0.2, 0) is 0 Å². The van der Waals surface area contributed by atoms with Crippen molar-refractivity contribution in [1.82, 2.24) is 9.88 Å². The Balaban J connectivity index is 1.29. The zero-order valence-electron chi connectivity index (χ0n) is 17.4. The molecule has 32 heavy (non-hydrogen) atoms. The summed E-state index contributed by atoms with van der Waals surface area (Å²) in [7, 11) is 1.64. The second-order valence-corrected chi connectivity index (χ2v) is 7.96. The van der Waals surface area contributed by atoms with E-state index in [1.165, 1.54) is 35.6 Å². The molecule has 3 aromatic rings. The summed E-state index contributed by atoms with van der Waals surface area (Å²) in [5.74, 6) is 0.258. The highest BCUT2D eigenvalue weighted by atomic mass is 32.1. The number of halogens is 1. The van der Waals surface area contributed by atoms with Crippen molar-refractivity contribution in [3.8, 4) is 5.75 Å². The third-order valence-corrected chi connectivity index (χ3v) is 5.81. The van der Waals surface area contributed by atoms with Crippen molar-refractivity contribution in [1.29, 1.82) is 0 Å². The van der Waals surface area contributed by atoms with E-state index in [0.717, 1.165) is 11.4 Å². The van der Waals surface area contributed by atoms with E-state index in [1.807, 2.05) is 24.3 Å². The van der Waals surface area contributed by atoms with Crippen LogP contribution in [0.4, 0.5) is 25.7 Å². The molecule has 1 aliphatic rings. The van der Waals surface area contributed by atoms with Crippen LogP contribution in [-0.4, -0.2) is 55.1 Å². The van der Waals surface area contributed by atoms with Gasteiger partial charge in [-0.15, -0.1) is 11.3 Å². The Labute approximate surface area is 188 Å². The number of benzene rings is 2. The molecule has 0 atom stereocenters. The first-order chi connectivity index (χ1) is 15.5. The Kier molecular flexibility index (Phi) is 6.50. The van der Waals surface area contributed by atoms with Crippen LogP contribution in [0.25, 0.3) is 0 Å². The third kappa shape index (κ3) is 5.14. The van der Waals surface area contributed by atoms with Crippen LogP contribution in [0.15, 0.2) is 53.9 Å². The molecule has 2 aromatic carbocycles. The highest BCUT2D eigenvalue weighted by Crippen LogP contribution is 2.22. The fourth-order valence-electron chi connectivity index (χ4n) is 3.34. The first kappa shape index (κ1) is 21.6. The van der Waals surface area contributed by atoms with Crippen LogP contribution in [0.1, 0.15) is 10.5 Å². The van der Waals surface area contributed by atoms with Crippen molar-refractivity contribution in [2.75, 3.05) is 48.8 Å². The number of carbonyl (C=O) groups is 2. The van der Waals surface area contributed by atoms with Gasteiger partial charge in [-0.2, -0.15) is 0 Å². The van der Waals surface area contributed by atoms with E-state index >= 15 is 0 Å². The van der Waals surface area contributed by atoms with Gasteiger partial charge in [-0.05, 0) is 48.5 Å². The summed E-state index contributed by atoms with van der Waals surface area (Å²) in [5.41, 5.74) is 1.83. The maximum atomic E-state index is 13.0. The molecule has 0 spiro atoms. The van der Waals surface area contributed by atoms with E-state index < -0.39 is 6.03 Å². The van der Waals surface area contributed by atoms with E-state index in [4.69, 9.17) is 4.74 Å². The van der Waals surface area contributed by atoms with Crippen molar-refractivity contribution in [3.05, 3.63) is 65.4 Å². The molecule has 8 nitrogen and oxygen atoms in total. The minimum atomic E-state index is -0.516. The number of piperazine rings is 1. The summed E-state index contributed by atoms with van der Waals surface area (Å²) in [5, 5.41) is 7.12. The largest absolute Gasteiger partial charge is 0.497 e. The average molecular weight is 456 g/mol. The molecule has 0 aliphatic carbocycles. The Morgan fingerprint density at radius 1 is 1.00 bits per heavy atom. The van der Waals surface area contributed by atoms with Gasteiger partial charge in [0.1, 0.15) is 17.3 Å². The molecule has 166 valence electrons. The number of hydrogen-bond donors (Lipinski definition) is 2. The lowest BCUT2D eigenvalue weighted by Gasteiger charge is -2.35. The lowest BCUT2D eigenvalue weighted by molar-refractivity contribution is 0.0741. The van der Waals surface area contributed by atoms with Gasteiger partial charge in [0.15, 0.2) is 5.13 Å². The molecule has 1 saturated heterocycles. The maximum Gasteiger partial charge on any atom is 0.325 e. The minimum absolute atomic E-state index is 0.164. The number of aromatic nitrogens is 1. The fraction of sp³-hybridized carbons (Fsp3) is 0.227. The molecule has 0 bridgehead atoms. The van der Waals surface area contributed by atoms with Crippen LogP contribution >= 0.6 is 11.3 Å². The summed E-state index contributed by atoms with van der Waals surface area (Å²) in [6.07, 6.45) is 0. The number of nitrogens with one attached hydrogen (secondary N) is 2. The van der Waals surface area contributed by atoms with Crippen LogP contribution in [0.3, 0.4) is 0 Å². The second kappa shape index (κ2) is 9.65. The number of nitrogens with zero attached hydrogens (tertiary/aromatic N) is 3. The SMILES string of the molecule is COc1ccc(N2CCN(C(=O)c3csc(NC(=O)Nc4ccc(F)cc4)n3)CC2)cc1. The molecule has 1 fully saturated rings. The summed E-state index contributed by atoms with van der Waals surface area (Å²) >= 11 is 1.17. The number of ether oxygens (including phenoxy) is 1. The Morgan fingerprint density at radius 2 is 1.69 bits per heavy atom. The van der Waals surface area contributed by atoms with Crippen LogP contribution in [0.5, 0.6) is 5.75 Å². The molecule has 2 N–H and O–H groups in total. The highest BCUT2D eigenvalue weighted by Gasteiger charge is 2.24. The van der Waals surface area contributed by atoms with Gasteiger partial charge in [-0.1, -0.05) is 0 Å². The molecule has 1 aromatic heterocycles. The Hall–Kier alpha value is -3.66. The predicted molar refractivity (Wildman–Crippen MR) is 122 cm³/mol. The monoisotopic (exact) mass is 455 g/mol. The van der Waals surface area contributed by atoms with Crippen molar-refractivity contribution in [3.63, 3.8) is 0 Å². The molecule has 1 aliphatic heterocycles. The molecule has 0 saturated carbocycles. The van der Waals surface area contributed by atoms with Crippen molar-refractivity contribution in [2.24, 2.45) is 0 Å². The lowest BCUT2D eigenvalue weighted by atomic mass is 10.2. The molecule has 0 unspecified atom stereocenters. The molecule has 2 heterocycles. The summed E-state index contributed by atoms with van der Waals surface area (Å²) in [4.78, 5) is 33.1. The van der Waals surface area contributed by atoms with Crippen LogP contribution in [0.2, 0.25) is 0 Å². The van der Waals surface area contributed by atoms with Crippen LogP contribution in [0, 0.1) is 5.82 Å². The fourth-order valence-corrected chi connectivity index (χ4v) is 4.02. The van der Waals surface area contributed by atoms with Crippen molar-refractivity contribution < 1.29 is 18.7 Å². The summed E-state index contributed by atoms with van der Waals surface area (Å²) < 4.78 is 18.2. The van der Waals surface area contributed by atoms with E-state index in [9.17, 15) is 14.0 Å². The average Bonchev–Trinajstić information content (AvgIpc) is 3.28. The minimum Gasteiger partial charge on any atom is -0.497 e. The molecule has 10 heteroatoms. The van der Waals surface area contributed by atoms with Gasteiger partial charge in [0.25, 0.3) is 5.91 Å². The van der Waals surface area contributed by atoms with Gasteiger partial charge in [-0.25, -0.2) is 14.2 Å². The quantitative estimate of drug-likeness (QED) is 0.610. The number of hydrogen-bond acceptors (Lipinski definition) is 6. The molecule has 3 amide bonds. The molecular formula is C22H22FN5O3S. The number of urea groups is 1. The van der Waals surface area contributed by atoms with E-state index in [0.29, 0.717) is 42.7 Å². The second-order valence-electron chi connectivity index (χ2n) is 7.10. The number of carbonyl (C=O) groups excluding carboxylic acids is 2. The third-order valence-electron chi connectivity index (χ3n) is 5.05. The number of methoxy groups -OCH3 is 1. The summed E-state index contributed by atoms with van der Waals surface area (Å²) in [6.45, 7) is 2.59. The number of thiazole rings is 1. The summed E-state index contributed by atoms with van der Waals surface area (Å²) in [6, 6.07) is 12.8. The van der Waals surface area contributed by atoms with Gasteiger partial charge >= 0.3 is 6.03 Å². The first-order valence-electron chi connectivity index (χ1n) is 9.99.